The third-order valence-corrected chi connectivity index (χ3v) is 1.58. The third kappa shape index (κ3) is 2.52. The van der Waals surface area contributed by atoms with Gasteiger partial charge in [0, 0.05) is 12.7 Å². The Morgan fingerprint density at radius 3 is 2.54 bits per heavy atom. The van der Waals surface area contributed by atoms with Gasteiger partial charge in [0.15, 0.2) is 0 Å². The maximum Gasteiger partial charge on any atom is 0.123 e. The number of oxime groups is 1. The standard InChI is InChI=1S/C9H10FNO2/c1-13-6-9(11-12)7-2-4-8(10)5-3-7/h2-5,12H,6H2,1H3. The van der Waals surface area contributed by atoms with Crippen LogP contribution in [0.1, 0.15) is 5.56 Å². The fourth-order valence-corrected chi connectivity index (χ4v) is 0.949. The molecule has 0 saturated carbocycles. The first kappa shape index (κ1) is 9.67. The van der Waals surface area contributed by atoms with Crippen molar-refractivity contribution in [1.82, 2.24) is 0 Å². The molecule has 1 aromatic carbocycles. The van der Waals surface area contributed by atoms with E-state index in [-0.39, 0.29) is 12.4 Å². The second-order valence-electron chi connectivity index (χ2n) is 2.49. The molecule has 0 atom stereocenters. The van der Waals surface area contributed by atoms with Crippen molar-refractivity contribution in [2.24, 2.45) is 5.16 Å². The fraction of sp³-hybridized carbons (Fsp3) is 0.222. The maximum atomic E-state index is 12.5. The topological polar surface area (TPSA) is 41.8 Å². The zero-order chi connectivity index (χ0) is 9.68. The van der Waals surface area contributed by atoms with Crippen LogP contribution in [0.25, 0.3) is 0 Å². The summed E-state index contributed by atoms with van der Waals surface area (Å²) in [5.41, 5.74) is 1.02. The number of hydrogen-bond acceptors (Lipinski definition) is 3. The molecule has 0 aliphatic rings. The van der Waals surface area contributed by atoms with Crippen molar-refractivity contribution in [3.8, 4) is 0 Å². The normalized spacial score (nSPS) is 11.7. The molecular weight excluding hydrogens is 173 g/mol. The van der Waals surface area contributed by atoms with Gasteiger partial charge in [0.05, 0.1) is 6.61 Å². The first-order valence-corrected chi connectivity index (χ1v) is 3.73. The summed E-state index contributed by atoms with van der Waals surface area (Å²) in [5, 5.41) is 11.6. The lowest BCUT2D eigenvalue weighted by Crippen LogP contribution is -2.08. The SMILES string of the molecule is COCC(=NO)c1ccc(F)cc1. The van der Waals surface area contributed by atoms with Crippen LogP contribution in [0.4, 0.5) is 4.39 Å². The number of nitrogens with zero attached hydrogens (tertiary/aromatic N) is 1. The van der Waals surface area contributed by atoms with E-state index in [1.54, 1.807) is 0 Å². The Kier molecular flexibility index (Phi) is 3.40. The smallest absolute Gasteiger partial charge is 0.123 e. The monoisotopic (exact) mass is 183 g/mol. The molecule has 0 amide bonds. The lowest BCUT2D eigenvalue weighted by atomic mass is 10.1. The summed E-state index contributed by atoms with van der Waals surface area (Å²) < 4.78 is 17.3. The third-order valence-electron chi connectivity index (χ3n) is 1.58. The summed E-state index contributed by atoms with van der Waals surface area (Å²) in [6.07, 6.45) is 0. The highest BCUT2D eigenvalue weighted by molar-refractivity contribution is 6.01. The van der Waals surface area contributed by atoms with Gasteiger partial charge in [0.25, 0.3) is 0 Å². The molecule has 4 heteroatoms. The van der Waals surface area contributed by atoms with Gasteiger partial charge in [-0.05, 0) is 12.1 Å². The Morgan fingerprint density at radius 2 is 2.08 bits per heavy atom. The number of halogens is 1. The first-order chi connectivity index (χ1) is 6.27. The van der Waals surface area contributed by atoms with Crippen LogP contribution in [0.15, 0.2) is 29.4 Å². The molecule has 13 heavy (non-hydrogen) atoms. The minimum atomic E-state index is -0.321. The minimum Gasteiger partial charge on any atom is -0.411 e. The molecule has 0 saturated heterocycles. The van der Waals surface area contributed by atoms with Crippen LogP contribution in [0.3, 0.4) is 0 Å². The van der Waals surface area contributed by atoms with Crippen molar-refractivity contribution in [1.29, 1.82) is 0 Å². The van der Waals surface area contributed by atoms with Crippen LogP contribution in [0, 0.1) is 5.82 Å². The minimum absolute atomic E-state index is 0.197. The van der Waals surface area contributed by atoms with Crippen LogP contribution >= 0.6 is 0 Å². The Bertz CT molecular complexity index is 295. The molecule has 1 aromatic rings. The summed E-state index contributed by atoms with van der Waals surface area (Å²) in [6, 6.07) is 5.67. The van der Waals surface area contributed by atoms with Gasteiger partial charge >= 0.3 is 0 Å². The highest BCUT2D eigenvalue weighted by Gasteiger charge is 2.03. The first-order valence-electron chi connectivity index (χ1n) is 3.73. The van der Waals surface area contributed by atoms with Gasteiger partial charge in [-0.1, -0.05) is 17.3 Å². The van der Waals surface area contributed by atoms with E-state index in [0.29, 0.717) is 11.3 Å². The quantitative estimate of drug-likeness (QED) is 0.440. The van der Waals surface area contributed by atoms with E-state index >= 15 is 0 Å². The van der Waals surface area contributed by atoms with Crippen molar-refractivity contribution >= 4 is 5.71 Å². The molecular formula is C9H10FNO2. The van der Waals surface area contributed by atoms with Crippen LogP contribution in [0.2, 0.25) is 0 Å². The van der Waals surface area contributed by atoms with Crippen molar-refractivity contribution in [3.05, 3.63) is 35.6 Å². The van der Waals surface area contributed by atoms with E-state index in [1.807, 2.05) is 0 Å². The average molecular weight is 183 g/mol. The number of rotatable bonds is 3. The van der Waals surface area contributed by atoms with Crippen molar-refractivity contribution in [2.75, 3.05) is 13.7 Å². The van der Waals surface area contributed by atoms with Gasteiger partial charge in [-0.3, -0.25) is 0 Å². The summed E-state index contributed by atoms with van der Waals surface area (Å²) in [5.74, 6) is -0.321. The van der Waals surface area contributed by atoms with E-state index in [2.05, 4.69) is 5.16 Å². The van der Waals surface area contributed by atoms with Crippen LogP contribution < -0.4 is 0 Å². The van der Waals surface area contributed by atoms with E-state index in [9.17, 15) is 4.39 Å². The highest BCUT2D eigenvalue weighted by atomic mass is 19.1. The van der Waals surface area contributed by atoms with Gasteiger partial charge in [0.2, 0.25) is 0 Å². The maximum absolute atomic E-state index is 12.5. The van der Waals surface area contributed by atoms with Crippen molar-refractivity contribution in [2.45, 2.75) is 0 Å². The fourth-order valence-electron chi connectivity index (χ4n) is 0.949. The summed E-state index contributed by atoms with van der Waals surface area (Å²) in [7, 11) is 1.49. The molecule has 0 heterocycles. The molecule has 3 nitrogen and oxygen atoms in total. The molecule has 1 N–H and O–H groups in total. The molecule has 0 fully saturated rings. The van der Waals surface area contributed by atoms with E-state index in [1.165, 1.54) is 31.4 Å². The molecule has 1 rings (SSSR count). The highest BCUT2D eigenvalue weighted by Crippen LogP contribution is 2.04. The molecule has 0 spiro atoms. The van der Waals surface area contributed by atoms with Crippen LogP contribution in [0.5, 0.6) is 0 Å². The van der Waals surface area contributed by atoms with Crippen LogP contribution in [-0.2, 0) is 4.74 Å². The van der Waals surface area contributed by atoms with E-state index < -0.39 is 0 Å². The second kappa shape index (κ2) is 4.57. The molecule has 70 valence electrons. The number of hydrogen-bond donors (Lipinski definition) is 1. The zero-order valence-electron chi connectivity index (χ0n) is 7.20. The largest absolute Gasteiger partial charge is 0.411 e. The summed E-state index contributed by atoms with van der Waals surface area (Å²) in [6.45, 7) is 0.197. The Balaban J connectivity index is 2.87. The number of methoxy groups -OCH3 is 1. The van der Waals surface area contributed by atoms with Gasteiger partial charge in [-0.25, -0.2) is 4.39 Å². The van der Waals surface area contributed by atoms with Crippen molar-refractivity contribution < 1.29 is 14.3 Å². The van der Waals surface area contributed by atoms with Gasteiger partial charge < -0.3 is 9.94 Å². The molecule has 0 radical (unpaired) electrons. The van der Waals surface area contributed by atoms with Gasteiger partial charge in [-0.15, -0.1) is 0 Å². The predicted octanol–water partition coefficient (Wildman–Crippen LogP) is 1.65. The lowest BCUT2D eigenvalue weighted by Gasteiger charge is -2.02. The Morgan fingerprint density at radius 1 is 1.46 bits per heavy atom. The van der Waals surface area contributed by atoms with Crippen LogP contribution in [-0.4, -0.2) is 24.6 Å². The van der Waals surface area contributed by atoms with Crippen molar-refractivity contribution in [3.63, 3.8) is 0 Å². The number of benzene rings is 1. The molecule has 0 bridgehead atoms. The van der Waals surface area contributed by atoms with E-state index in [0.717, 1.165) is 0 Å². The Labute approximate surface area is 75.4 Å². The van der Waals surface area contributed by atoms with Gasteiger partial charge in [0.1, 0.15) is 11.5 Å². The lowest BCUT2D eigenvalue weighted by molar-refractivity contribution is 0.238. The molecule has 0 unspecified atom stereocenters. The Hall–Kier alpha value is -1.42. The predicted molar refractivity (Wildman–Crippen MR) is 46.6 cm³/mol. The van der Waals surface area contributed by atoms with Gasteiger partial charge in [-0.2, -0.15) is 0 Å². The average Bonchev–Trinajstić information content (AvgIpc) is 2.16. The molecule has 0 aliphatic heterocycles. The zero-order valence-corrected chi connectivity index (χ0v) is 7.20. The summed E-state index contributed by atoms with van der Waals surface area (Å²) >= 11 is 0. The summed E-state index contributed by atoms with van der Waals surface area (Å²) in [4.78, 5) is 0. The second-order valence-corrected chi connectivity index (χ2v) is 2.49. The molecule has 0 aromatic heterocycles. The molecule has 0 aliphatic carbocycles. The number of ether oxygens (including phenoxy) is 1. The van der Waals surface area contributed by atoms with E-state index in [4.69, 9.17) is 9.94 Å².